The molecule has 0 radical (unpaired) electrons. The van der Waals surface area contributed by atoms with Gasteiger partial charge in [-0.3, -0.25) is 0 Å². The number of rotatable bonds is 5. The van der Waals surface area contributed by atoms with Crippen LogP contribution in [0.15, 0.2) is 18.2 Å². The molecule has 1 fully saturated rings. The first kappa shape index (κ1) is 15.3. The third-order valence-corrected chi connectivity index (χ3v) is 3.83. The number of hydrogen-bond acceptors (Lipinski definition) is 3. The number of nitrogens with zero attached hydrogens (tertiary/aromatic N) is 2. The lowest BCUT2D eigenvalue weighted by atomic mass is 10.1. The minimum atomic E-state index is -0.0923. The van der Waals surface area contributed by atoms with E-state index in [0.29, 0.717) is 0 Å². The van der Waals surface area contributed by atoms with Gasteiger partial charge in [0.2, 0.25) is 0 Å². The van der Waals surface area contributed by atoms with E-state index < -0.39 is 0 Å². The third-order valence-electron chi connectivity index (χ3n) is 3.83. The summed E-state index contributed by atoms with van der Waals surface area (Å²) in [4.78, 5) is 4.48. The molecule has 112 valence electrons. The standard InChI is InChI=1S/C16H26FN3/c1-3-7-18-13-14-5-6-16(15(17)12-14)20-9-4-8-19(2)10-11-20/h5-6,12,18H,3-4,7-11,13H2,1-2H3. The number of hydrogen-bond donors (Lipinski definition) is 1. The molecule has 20 heavy (non-hydrogen) atoms. The summed E-state index contributed by atoms with van der Waals surface area (Å²) < 4.78 is 14.3. The quantitative estimate of drug-likeness (QED) is 0.835. The number of halogens is 1. The molecule has 2 rings (SSSR count). The van der Waals surface area contributed by atoms with E-state index in [1.54, 1.807) is 6.07 Å². The van der Waals surface area contributed by atoms with Gasteiger partial charge in [-0.05, 0) is 50.7 Å². The fourth-order valence-electron chi connectivity index (χ4n) is 2.61. The Morgan fingerprint density at radius 2 is 2.05 bits per heavy atom. The van der Waals surface area contributed by atoms with Gasteiger partial charge in [-0.2, -0.15) is 0 Å². The fraction of sp³-hybridized carbons (Fsp3) is 0.625. The second-order valence-corrected chi connectivity index (χ2v) is 5.61. The Hall–Kier alpha value is -1.13. The highest BCUT2D eigenvalue weighted by atomic mass is 19.1. The van der Waals surface area contributed by atoms with Crippen LogP contribution in [0.25, 0.3) is 0 Å². The zero-order chi connectivity index (χ0) is 14.4. The van der Waals surface area contributed by atoms with Crippen molar-refractivity contribution in [1.29, 1.82) is 0 Å². The van der Waals surface area contributed by atoms with E-state index in [4.69, 9.17) is 0 Å². The lowest BCUT2D eigenvalue weighted by Crippen LogP contribution is -2.29. The zero-order valence-electron chi connectivity index (χ0n) is 12.7. The summed E-state index contributed by atoms with van der Waals surface area (Å²) in [6.45, 7) is 7.79. The Balaban J connectivity index is 2.01. The van der Waals surface area contributed by atoms with Gasteiger partial charge in [-0.1, -0.05) is 13.0 Å². The van der Waals surface area contributed by atoms with Crippen molar-refractivity contribution in [3.05, 3.63) is 29.6 Å². The topological polar surface area (TPSA) is 18.5 Å². The van der Waals surface area contributed by atoms with Crippen LogP contribution in [0, 0.1) is 5.82 Å². The van der Waals surface area contributed by atoms with Gasteiger partial charge in [0.15, 0.2) is 0 Å². The van der Waals surface area contributed by atoms with Gasteiger partial charge in [0, 0.05) is 26.2 Å². The average molecular weight is 279 g/mol. The van der Waals surface area contributed by atoms with E-state index in [1.165, 1.54) is 0 Å². The van der Waals surface area contributed by atoms with Crippen LogP contribution >= 0.6 is 0 Å². The largest absolute Gasteiger partial charge is 0.368 e. The molecule has 1 aromatic rings. The van der Waals surface area contributed by atoms with Gasteiger partial charge >= 0.3 is 0 Å². The molecule has 0 saturated carbocycles. The second-order valence-electron chi connectivity index (χ2n) is 5.61. The Morgan fingerprint density at radius 3 is 2.80 bits per heavy atom. The predicted octanol–water partition coefficient (Wildman–Crippen LogP) is 2.47. The molecular formula is C16H26FN3. The van der Waals surface area contributed by atoms with Crippen LogP contribution in [0.2, 0.25) is 0 Å². The highest BCUT2D eigenvalue weighted by Crippen LogP contribution is 2.22. The van der Waals surface area contributed by atoms with Crippen LogP contribution in [0.1, 0.15) is 25.3 Å². The number of likely N-dealkylation sites (N-methyl/N-ethyl adjacent to an activating group) is 1. The summed E-state index contributed by atoms with van der Waals surface area (Å²) in [5.74, 6) is -0.0923. The lowest BCUT2D eigenvalue weighted by molar-refractivity contribution is 0.360. The van der Waals surface area contributed by atoms with E-state index >= 15 is 0 Å². The second kappa shape index (κ2) is 7.60. The minimum absolute atomic E-state index is 0.0923. The molecule has 3 nitrogen and oxygen atoms in total. The molecule has 1 heterocycles. The van der Waals surface area contributed by atoms with Gasteiger partial charge < -0.3 is 15.1 Å². The lowest BCUT2D eigenvalue weighted by Gasteiger charge is -2.23. The molecule has 1 N–H and O–H groups in total. The van der Waals surface area contributed by atoms with Crippen LogP contribution < -0.4 is 10.2 Å². The summed E-state index contributed by atoms with van der Waals surface area (Å²) in [7, 11) is 2.13. The third kappa shape index (κ3) is 4.18. The summed E-state index contributed by atoms with van der Waals surface area (Å²) in [5.41, 5.74) is 1.77. The Bertz CT molecular complexity index is 422. The van der Waals surface area contributed by atoms with E-state index in [0.717, 1.165) is 63.4 Å². The molecular weight excluding hydrogens is 253 g/mol. The predicted molar refractivity (Wildman–Crippen MR) is 82.7 cm³/mol. The van der Waals surface area contributed by atoms with Crippen molar-refractivity contribution in [3.63, 3.8) is 0 Å². The monoisotopic (exact) mass is 279 g/mol. The molecule has 0 bridgehead atoms. The molecule has 0 spiro atoms. The van der Waals surface area contributed by atoms with Gasteiger partial charge in [0.05, 0.1) is 5.69 Å². The summed E-state index contributed by atoms with van der Waals surface area (Å²) in [5, 5.41) is 3.31. The maximum Gasteiger partial charge on any atom is 0.146 e. The van der Waals surface area contributed by atoms with Gasteiger partial charge in [-0.25, -0.2) is 4.39 Å². The highest BCUT2D eigenvalue weighted by Gasteiger charge is 2.15. The van der Waals surface area contributed by atoms with Crippen molar-refractivity contribution in [3.8, 4) is 0 Å². The van der Waals surface area contributed by atoms with E-state index in [1.807, 2.05) is 12.1 Å². The van der Waals surface area contributed by atoms with Crippen LogP contribution in [0.3, 0.4) is 0 Å². The zero-order valence-corrected chi connectivity index (χ0v) is 12.7. The molecule has 1 aliphatic heterocycles. The van der Waals surface area contributed by atoms with E-state index in [9.17, 15) is 4.39 Å². The fourth-order valence-corrected chi connectivity index (χ4v) is 2.61. The van der Waals surface area contributed by atoms with Crippen molar-refractivity contribution in [2.75, 3.05) is 44.7 Å². The molecule has 4 heteroatoms. The van der Waals surface area contributed by atoms with E-state index in [-0.39, 0.29) is 5.82 Å². The van der Waals surface area contributed by atoms with Gasteiger partial charge in [0.1, 0.15) is 5.82 Å². The molecule has 1 aromatic carbocycles. The van der Waals surface area contributed by atoms with Crippen molar-refractivity contribution in [2.24, 2.45) is 0 Å². The first-order chi connectivity index (χ1) is 9.70. The summed E-state index contributed by atoms with van der Waals surface area (Å²) >= 11 is 0. The van der Waals surface area contributed by atoms with Crippen LogP contribution in [-0.4, -0.2) is 44.7 Å². The first-order valence-corrected chi connectivity index (χ1v) is 7.63. The molecule has 1 saturated heterocycles. The molecule has 0 aliphatic carbocycles. The number of nitrogens with one attached hydrogen (secondary N) is 1. The Morgan fingerprint density at radius 1 is 1.20 bits per heavy atom. The molecule has 0 aromatic heterocycles. The molecule has 0 atom stereocenters. The van der Waals surface area contributed by atoms with Crippen molar-refractivity contribution in [2.45, 2.75) is 26.3 Å². The minimum Gasteiger partial charge on any atom is -0.368 e. The number of benzene rings is 1. The van der Waals surface area contributed by atoms with E-state index in [2.05, 4.69) is 29.1 Å². The van der Waals surface area contributed by atoms with Crippen molar-refractivity contribution >= 4 is 5.69 Å². The maximum atomic E-state index is 14.3. The first-order valence-electron chi connectivity index (χ1n) is 7.63. The molecule has 1 aliphatic rings. The van der Waals surface area contributed by atoms with Crippen LogP contribution in [0.5, 0.6) is 0 Å². The molecule has 0 unspecified atom stereocenters. The SMILES string of the molecule is CCCNCc1ccc(N2CCCN(C)CC2)c(F)c1. The normalized spacial score (nSPS) is 17.2. The summed E-state index contributed by atoms with van der Waals surface area (Å²) in [6.07, 6.45) is 2.19. The Labute approximate surface area is 121 Å². The maximum absolute atomic E-state index is 14.3. The smallest absolute Gasteiger partial charge is 0.146 e. The Kier molecular flexibility index (Phi) is 5.80. The summed E-state index contributed by atoms with van der Waals surface area (Å²) in [6, 6.07) is 5.64. The number of anilines is 1. The average Bonchev–Trinajstić information content (AvgIpc) is 2.64. The van der Waals surface area contributed by atoms with Crippen molar-refractivity contribution in [1.82, 2.24) is 10.2 Å². The van der Waals surface area contributed by atoms with Gasteiger partial charge in [0.25, 0.3) is 0 Å². The van der Waals surface area contributed by atoms with Crippen LogP contribution in [-0.2, 0) is 6.54 Å². The van der Waals surface area contributed by atoms with Crippen LogP contribution in [0.4, 0.5) is 10.1 Å². The van der Waals surface area contributed by atoms with Crippen molar-refractivity contribution < 1.29 is 4.39 Å². The van der Waals surface area contributed by atoms with Gasteiger partial charge in [-0.15, -0.1) is 0 Å². The highest BCUT2D eigenvalue weighted by molar-refractivity contribution is 5.49. The molecule has 0 amide bonds.